The molecule has 0 amide bonds. The smallest absolute Gasteiger partial charge is 0.131 e. The molecule has 3 rings (SSSR count). The van der Waals surface area contributed by atoms with Crippen molar-refractivity contribution in [2.24, 2.45) is 5.92 Å². The Morgan fingerprint density at radius 1 is 1.09 bits per heavy atom. The topological polar surface area (TPSA) is 0 Å². The molecule has 0 N–H and O–H groups in total. The van der Waals surface area contributed by atoms with E-state index in [1.54, 1.807) is 6.07 Å². The van der Waals surface area contributed by atoms with Gasteiger partial charge in [0.25, 0.3) is 0 Å². The van der Waals surface area contributed by atoms with E-state index in [1.165, 1.54) is 0 Å². The molecule has 0 spiro atoms. The summed E-state index contributed by atoms with van der Waals surface area (Å²) in [4.78, 5) is 0. The molecule has 0 radical (unpaired) electrons. The predicted molar refractivity (Wildman–Crippen MR) is 96.5 cm³/mol. The number of benzene rings is 2. The third-order valence-electron chi connectivity index (χ3n) is 4.32. The largest absolute Gasteiger partial charge is 0.206 e. The molecule has 0 nitrogen and oxygen atoms in total. The van der Waals surface area contributed by atoms with Crippen molar-refractivity contribution in [3.63, 3.8) is 0 Å². The minimum atomic E-state index is -0.160. The summed E-state index contributed by atoms with van der Waals surface area (Å²) in [5.41, 5.74) is 3.62. The highest BCUT2D eigenvalue weighted by Crippen LogP contribution is 2.30. The lowest BCUT2D eigenvalue weighted by atomic mass is 9.89. The summed E-state index contributed by atoms with van der Waals surface area (Å²) < 4.78 is 14.5. The summed E-state index contributed by atoms with van der Waals surface area (Å²) in [5, 5.41) is 0. The fourth-order valence-corrected chi connectivity index (χ4v) is 2.97. The molecule has 0 bridgehead atoms. The zero-order chi connectivity index (χ0) is 16.1. The van der Waals surface area contributed by atoms with Gasteiger partial charge in [0, 0.05) is 5.56 Å². The van der Waals surface area contributed by atoms with E-state index in [2.05, 4.69) is 24.8 Å². The zero-order valence-electron chi connectivity index (χ0n) is 13.2. The monoisotopic (exact) mass is 304 g/mol. The predicted octanol–water partition coefficient (Wildman–Crippen LogP) is 6.42. The van der Waals surface area contributed by atoms with Crippen LogP contribution in [-0.2, 0) is 0 Å². The van der Waals surface area contributed by atoms with E-state index in [1.807, 2.05) is 48.5 Å². The highest BCUT2D eigenvalue weighted by molar-refractivity contribution is 5.77. The van der Waals surface area contributed by atoms with Crippen LogP contribution in [-0.4, -0.2) is 0 Å². The van der Waals surface area contributed by atoms with Crippen LogP contribution in [0.5, 0.6) is 0 Å². The van der Waals surface area contributed by atoms with E-state index in [0.717, 1.165) is 36.0 Å². The van der Waals surface area contributed by atoms with E-state index in [4.69, 9.17) is 0 Å². The van der Waals surface area contributed by atoms with Gasteiger partial charge in [-0.05, 0) is 47.9 Å². The molecule has 0 aromatic heterocycles. The van der Waals surface area contributed by atoms with Crippen LogP contribution in [0.25, 0.3) is 16.7 Å². The summed E-state index contributed by atoms with van der Waals surface area (Å²) in [6, 6.07) is 15.4. The maximum atomic E-state index is 14.5. The molecule has 2 aromatic rings. The Morgan fingerprint density at radius 2 is 1.91 bits per heavy atom. The fraction of sp³-hybridized carbons (Fsp3) is 0.182. The van der Waals surface area contributed by atoms with Crippen molar-refractivity contribution in [2.75, 3.05) is 0 Å². The normalized spacial score (nSPS) is 16.9. The lowest BCUT2D eigenvalue weighted by Crippen LogP contribution is -2.00. The van der Waals surface area contributed by atoms with E-state index in [0.29, 0.717) is 11.5 Å². The molecule has 0 fully saturated rings. The van der Waals surface area contributed by atoms with Crippen molar-refractivity contribution in [3.8, 4) is 11.1 Å². The molecule has 2 aromatic carbocycles. The second-order valence-electron chi connectivity index (χ2n) is 5.94. The lowest BCUT2D eigenvalue weighted by Gasteiger charge is -2.16. The number of hydrogen-bond donors (Lipinski definition) is 0. The van der Waals surface area contributed by atoms with Crippen molar-refractivity contribution in [3.05, 3.63) is 90.8 Å². The van der Waals surface area contributed by atoms with Gasteiger partial charge in [0.05, 0.1) is 0 Å². The van der Waals surface area contributed by atoms with Crippen molar-refractivity contribution in [1.82, 2.24) is 0 Å². The molecule has 1 unspecified atom stereocenters. The minimum absolute atomic E-state index is 0.160. The van der Waals surface area contributed by atoms with Crippen LogP contribution < -0.4 is 0 Å². The van der Waals surface area contributed by atoms with Crippen molar-refractivity contribution >= 4 is 5.57 Å². The Bertz CT molecular complexity index is 738. The SMILES string of the molecule is C=CCCC1C=CC(c2ccc(-c3ccccc3)cc2F)=CC1. The molecule has 0 heterocycles. The first-order valence-corrected chi connectivity index (χ1v) is 8.12. The number of rotatable bonds is 5. The molecule has 1 atom stereocenters. The second kappa shape index (κ2) is 7.23. The molecule has 1 heteroatoms. The first-order valence-electron chi connectivity index (χ1n) is 8.12. The molecule has 1 aliphatic rings. The average Bonchev–Trinajstić information content (AvgIpc) is 2.61. The highest BCUT2D eigenvalue weighted by atomic mass is 19.1. The van der Waals surface area contributed by atoms with Crippen molar-refractivity contribution in [2.45, 2.75) is 19.3 Å². The molecule has 0 saturated heterocycles. The molecular weight excluding hydrogens is 283 g/mol. The van der Waals surface area contributed by atoms with E-state index >= 15 is 0 Å². The standard InChI is InChI=1S/C22H21F/c1-2-3-7-17-10-12-19(13-11-17)21-15-14-20(16-22(21)23)18-8-5-4-6-9-18/h2,4-6,8-10,12-17H,1,3,7,11H2. The maximum absolute atomic E-state index is 14.5. The van der Waals surface area contributed by atoms with Crippen LogP contribution in [0.4, 0.5) is 4.39 Å². The van der Waals surface area contributed by atoms with Crippen LogP contribution in [0.3, 0.4) is 0 Å². The molecular formula is C22H21F. The van der Waals surface area contributed by atoms with Crippen LogP contribution in [0.2, 0.25) is 0 Å². The Kier molecular flexibility index (Phi) is 4.87. The molecule has 0 saturated carbocycles. The second-order valence-corrected chi connectivity index (χ2v) is 5.94. The number of hydrogen-bond acceptors (Lipinski definition) is 0. The van der Waals surface area contributed by atoms with E-state index in [-0.39, 0.29) is 5.82 Å². The molecule has 1 aliphatic carbocycles. The van der Waals surface area contributed by atoms with Crippen LogP contribution >= 0.6 is 0 Å². The third kappa shape index (κ3) is 3.68. The van der Waals surface area contributed by atoms with Gasteiger partial charge in [0.2, 0.25) is 0 Å². The van der Waals surface area contributed by atoms with Crippen LogP contribution in [0.1, 0.15) is 24.8 Å². The lowest BCUT2D eigenvalue weighted by molar-refractivity contribution is 0.601. The molecule has 116 valence electrons. The van der Waals surface area contributed by atoms with Gasteiger partial charge in [-0.25, -0.2) is 4.39 Å². The Morgan fingerprint density at radius 3 is 2.57 bits per heavy atom. The first-order chi connectivity index (χ1) is 11.3. The average molecular weight is 304 g/mol. The highest BCUT2D eigenvalue weighted by Gasteiger charge is 2.13. The quantitative estimate of drug-likeness (QED) is 0.559. The minimum Gasteiger partial charge on any atom is -0.206 e. The maximum Gasteiger partial charge on any atom is 0.131 e. The van der Waals surface area contributed by atoms with Crippen molar-refractivity contribution < 1.29 is 4.39 Å². The van der Waals surface area contributed by atoms with Gasteiger partial charge in [0.15, 0.2) is 0 Å². The fourth-order valence-electron chi connectivity index (χ4n) is 2.97. The van der Waals surface area contributed by atoms with Crippen LogP contribution in [0.15, 0.2) is 79.4 Å². The number of halogens is 1. The molecule has 23 heavy (non-hydrogen) atoms. The molecule has 0 aliphatic heterocycles. The summed E-state index contributed by atoms with van der Waals surface area (Å²) in [6.07, 6.45) is 11.5. The zero-order valence-corrected chi connectivity index (χ0v) is 13.2. The first kappa shape index (κ1) is 15.5. The van der Waals surface area contributed by atoms with E-state index in [9.17, 15) is 4.39 Å². The van der Waals surface area contributed by atoms with Gasteiger partial charge in [0.1, 0.15) is 5.82 Å². The summed E-state index contributed by atoms with van der Waals surface area (Å²) >= 11 is 0. The van der Waals surface area contributed by atoms with Gasteiger partial charge in [-0.1, -0.05) is 66.8 Å². The van der Waals surface area contributed by atoms with Gasteiger partial charge >= 0.3 is 0 Å². The number of allylic oxidation sites excluding steroid dienone is 5. The third-order valence-corrected chi connectivity index (χ3v) is 4.32. The van der Waals surface area contributed by atoms with Gasteiger partial charge in [-0.15, -0.1) is 6.58 Å². The Balaban J connectivity index is 1.79. The Hall–Kier alpha value is -2.41. The van der Waals surface area contributed by atoms with Crippen molar-refractivity contribution in [1.29, 1.82) is 0 Å². The van der Waals surface area contributed by atoms with Crippen LogP contribution in [0, 0.1) is 11.7 Å². The van der Waals surface area contributed by atoms with E-state index < -0.39 is 0 Å². The summed E-state index contributed by atoms with van der Waals surface area (Å²) in [5.74, 6) is 0.384. The van der Waals surface area contributed by atoms with Gasteiger partial charge in [-0.2, -0.15) is 0 Å². The summed E-state index contributed by atoms with van der Waals surface area (Å²) in [6.45, 7) is 3.76. The summed E-state index contributed by atoms with van der Waals surface area (Å²) in [7, 11) is 0. The van der Waals surface area contributed by atoms with Gasteiger partial charge < -0.3 is 0 Å². The Labute approximate surface area is 137 Å². The van der Waals surface area contributed by atoms with Gasteiger partial charge in [-0.3, -0.25) is 0 Å².